The number of rotatable bonds is 8. The van der Waals surface area contributed by atoms with Crippen molar-refractivity contribution in [2.24, 2.45) is 0 Å². The van der Waals surface area contributed by atoms with E-state index in [-0.39, 0.29) is 28.9 Å². The van der Waals surface area contributed by atoms with Crippen LogP contribution in [-0.2, 0) is 4.84 Å². The molecule has 10 nitrogen and oxygen atoms in total. The Morgan fingerprint density at radius 2 is 1.30 bits per heavy atom. The number of amides is 1. The summed E-state index contributed by atoms with van der Waals surface area (Å²) < 4.78 is 1.34. The number of hydroxylamine groups is 2. The lowest BCUT2D eigenvalue weighted by Crippen LogP contribution is -2.26. The molecule has 2 aromatic heterocycles. The summed E-state index contributed by atoms with van der Waals surface area (Å²) in [6.45, 7) is 8.01. The van der Waals surface area contributed by atoms with E-state index in [9.17, 15) is 9.59 Å². The molecular formula is C30H36IN7O3S2. The maximum Gasteiger partial charge on any atom is 0.282 e. The van der Waals surface area contributed by atoms with Crippen molar-refractivity contribution in [2.75, 3.05) is 37.1 Å². The monoisotopic (exact) mass is 733 g/mol. The number of halogens is 1. The smallest absolute Gasteiger partial charge is 0.282 e. The third kappa shape index (κ3) is 11.1. The van der Waals surface area contributed by atoms with Gasteiger partial charge in [0.05, 0.1) is 12.7 Å². The van der Waals surface area contributed by atoms with E-state index in [1.165, 1.54) is 59.2 Å². The van der Waals surface area contributed by atoms with E-state index in [0.717, 1.165) is 22.1 Å². The molecular weight excluding hydrogens is 697 g/mol. The van der Waals surface area contributed by atoms with Crippen molar-refractivity contribution in [2.45, 2.75) is 38.0 Å². The lowest BCUT2D eigenvalue weighted by atomic mass is 10.0. The fourth-order valence-corrected chi connectivity index (χ4v) is 4.75. The molecule has 0 spiro atoms. The highest BCUT2D eigenvalue weighted by atomic mass is 127. The molecule has 4 N–H and O–H groups in total. The number of carbonyl (C=O) groups is 2. The van der Waals surface area contributed by atoms with Crippen LogP contribution in [0.4, 0.5) is 11.6 Å². The molecule has 0 aliphatic carbocycles. The highest BCUT2D eigenvalue weighted by molar-refractivity contribution is 14.1. The highest BCUT2D eigenvalue weighted by Crippen LogP contribution is 2.20. The van der Waals surface area contributed by atoms with Gasteiger partial charge in [0.25, 0.3) is 5.91 Å². The van der Waals surface area contributed by atoms with Crippen LogP contribution in [0, 0.1) is 17.4 Å². The summed E-state index contributed by atoms with van der Waals surface area (Å²) in [4.78, 5) is 45.2. The molecule has 13 heteroatoms. The summed E-state index contributed by atoms with van der Waals surface area (Å²) in [5.41, 5.74) is 15.0. The van der Waals surface area contributed by atoms with Crippen LogP contribution in [-0.4, -0.2) is 62.4 Å². The highest BCUT2D eigenvalue weighted by Gasteiger charge is 2.17. The van der Waals surface area contributed by atoms with Gasteiger partial charge in [-0.3, -0.25) is 14.4 Å². The van der Waals surface area contributed by atoms with E-state index < -0.39 is 0 Å². The van der Waals surface area contributed by atoms with Gasteiger partial charge < -0.3 is 11.5 Å². The van der Waals surface area contributed by atoms with Gasteiger partial charge in [-0.05, 0) is 65.1 Å². The van der Waals surface area contributed by atoms with Gasteiger partial charge >= 0.3 is 0 Å². The Balaban J connectivity index is 0.000000243. The molecule has 0 aliphatic rings. The Morgan fingerprint density at radius 3 is 1.72 bits per heavy atom. The van der Waals surface area contributed by atoms with Crippen LogP contribution in [0.15, 0.2) is 71.2 Å². The lowest BCUT2D eigenvalue weighted by Gasteiger charge is -2.14. The Labute approximate surface area is 274 Å². The largest absolute Gasteiger partial charge is 0.383 e. The molecule has 0 bridgehead atoms. The summed E-state index contributed by atoms with van der Waals surface area (Å²) in [7, 11) is 2.90. The average molecular weight is 734 g/mol. The number of aromatic nitrogens is 4. The van der Waals surface area contributed by atoms with Gasteiger partial charge in [0, 0.05) is 28.6 Å². The van der Waals surface area contributed by atoms with Crippen LogP contribution in [0.2, 0.25) is 0 Å². The molecule has 0 radical (unpaired) electrons. The SMILES string of the molecule is CCSc1ncc(C(=O)N(C)OC)c(N)n1.CCSc1ncc(C(=O)c2ccccc2C)c(N)n1.Cc1ccccc1I. The zero-order valence-corrected chi connectivity index (χ0v) is 28.8. The first-order chi connectivity index (χ1) is 20.5. The molecule has 0 aliphatic heterocycles. The van der Waals surface area contributed by atoms with Crippen molar-refractivity contribution < 1.29 is 14.4 Å². The summed E-state index contributed by atoms with van der Waals surface area (Å²) in [6.07, 6.45) is 2.92. The minimum atomic E-state index is -0.368. The minimum Gasteiger partial charge on any atom is -0.383 e. The number of hydrogen-bond donors (Lipinski definition) is 2. The third-order valence-electron chi connectivity index (χ3n) is 5.64. The summed E-state index contributed by atoms with van der Waals surface area (Å²) in [6, 6.07) is 15.7. The normalized spacial score (nSPS) is 10.1. The molecule has 0 atom stereocenters. The zero-order chi connectivity index (χ0) is 31.9. The number of ketones is 1. The molecule has 228 valence electrons. The number of thioether (sulfide) groups is 2. The molecule has 4 aromatic rings. The van der Waals surface area contributed by atoms with Crippen molar-refractivity contribution in [3.63, 3.8) is 0 Å². The Hall–Kier alpha value is -3.27. The van der Waals surface area contributed by atoms with E-state index in [4.69, 9.17) is 16.3 Å². The van der Waals surface area contributed by atoms with E-state index in [2.05, 4.69) is 73.7 Å². The van der Waals surface area contributed by atoms with Crippen LogP contribution < -0.4 is 11.5 Å². The maximum absolute atomic E-state index is 12.4. The predicted molar refractivity (Wildman–Crippen MR) is 183 cm³/mol. The summed E-state index contributed by atoms with van der Waals surface area (Å²) in [5.74, 6) is 1.62. The molecule has 0 fully saturated rings. The van der Waals surface area contributed by atoms with Crippen LogP contribution in [0.25, 0.3) is 0 Å². The van der Waals surface area contributed by atoms with Gasteiger partial charge in [-0.1, -0.05) is 79.8 Å². The van der Waals surface area contributed by atoms with Crippen LogP contribution >= 0.6 is 46.1 Å². The number of benzene rings is 2. The second-order valence-corrected chi connectivity index (χ2v) is 12.3. The lowest BCUT2D eigenvalue weighted by molar-refractivity contribution is -0.0756. The second kappa shape index (κ2) is 18.4. The number of nitrogen functional groups attached to an aromatic ring is 2. The van der Waals surface area contributed by atoms with Crippen molar-refractivity contribution in [3.8, 4) is 0 Å². The van der Waals surface area contributed by atoms with E-state index in [0.29, 0.717) is 21.4 Å². The first-order valence-electron chi connectivity index (χ1n) is 13.2. The number of nitrogens with zero attached hydrogens (tertiary/aromatic N) is 5. The molecule has 4 rings (SSSR count). The van der Waals surface area contributed by atoms with E-state index in [1.54, 1.807) is 6.07 Å². The molecule has 43 heavy (non-hydrogen) atoms. The van der Waals surface area contributed by atoms with Crippen LogP contribution in [0.1, 0.15) is 51.3 Å². The number of aryl methyl sites for hydroxylation is 2. The molecule has 2 heterocycles. The Morgan fingerprint density at radius 1 is 0.814 bits per heavy atom. The molecule has 0 saturated carbocycles. The summed E-state index contributed by atoms with van der Waals surface area (Å²) in [5, 5.41) is 2.24. The fourth-order valence-electron chi connectivity index (χ4n) is 3.27. The van der Waals surface area contributed by atoms with Gasteiger partial charge in [-0.2, -0.15) is 0 Å². The number of hydrogen-bond acceptors (Lipinski definition) is 11. The predicted octanol–water partition coefficient (Wildman–Crippen LogP) is 6.11. The average Bonchev–Trinajstić information content (AvgIpc) is 2.99. The molecule has 2 aromatic carbocycles. The molecule has 0 unspecified atom stereocenters. The van der Waals surface area contributed by atoms with Gasteiger partial charge in [0.15, 0.2) is 16.1 Å². The van der Waals surface area contributed by atoms with Gasteiger partial charge in [-0.25, -0.2) is 25.0 Å². The van der Waals surface area contributed by atoms with Crippen molar-refractivity contribution in [1.82, 2.24) is 25.0 Å². The number of nitrogens with two attached hydrogens (primary N) is 2. The molecule has 1 amide bonds. The van der Waals surface area contributed by atoms with E-state index in [1.807, 2.05) is 39.0 Å². The van der Waals surface area contributed by atoms with Gasteiger partial charge in [0.1, 0.15) is 17.2 Å². The second-order valence-electron chi connectivity index (χ2n) is 8.65. The topological polar surface area (TPSA) is 150 Å². The fraction of sp³-hybridized carbons (Fsp3) is 0.267. The molecule has 0 saturated heterocycles. The van der Waals surface area contributed by atoms with Gasteiger partial charge in [0.2, 0.25) is 0 Å². The number of carbonyl (C=O) groups excluding carboxylic acids is 2. The quantitative estimate of drug-likeness (QED) is 0.0710. The van der Waals surface area contributed by atoms with E-state index >= 15 is 0 Å². The first-order valence-corrected chi connectivity index (χ1v) is 16.2. The van der Waals surface area contributed by atoms with Crippen molar-refractivity contribution >= 4 is 69.4 Å². The standard InChI is InChI=1S/C14H15N3OS.C9H14N4O2S.C7H7I/c1-3-19-14-16-8-11(13(15)17-14)12(18)10-7-5-4-6-9(10)2;1-4-16-9-11-5-6(7(10)12-9)8(14)13(2)15-3;1-6-4-2-3-5-7(6)8/h4-8H,3H2,1-2H3,(H2,15,16,17);5H,4H2,1-3H3,(H2,10,11,12);2-5H,1H3. The minimum absolute atomic E-state index is 0.136. The zero-order valence-electron chi connectivity index (χ0n) is 25.0. The van der Waals surface area contributed by atoms with Crippen LogP contribution in [0.3, 0.4) is 0 Å². The van der Waals surface area contributed by atoms with Gasteiger partial charge in [-0.15, -0.1) is 0 Å². The van der Waals surface area contributed by atoms with Crippen molar-refractivity contribution in [3.05, 3.63) is 92.3 Å². The first kappa shape index (κ1) is 35.9. The maximum atomic E-state index is 12.4. The third-order valence-corrected chi connectivity index (χ3v) is 8.34. The number of anilines is 2. The summed E-state index contributed by atoms with van der Waals surface area (Å²) >= 11 is 5.29. The Bertz CT molecular complexity index is 1500. The van der Waals surface area contributed by atoms with Crippen molar-refractivity contribution in [1.29, 1.82) is 0 Å². The van der Waals surface area contributed by atoms with Crippen LogP contribution in [0.5, 0.6) is 0 Å². The Kier molecular flexibility index (Phi) is 15.4.